The highest BCUT2D eigenvalue weighted by Gasteiger charge is 2.15. The fourth-order valence-corrected chi connectivity index (χ4v) is 2.81. The number of fused-ring (bicyclic) bond motifs is 2. The minimum atomic E-state index is -0.133. The molecule has 0 radical (unpaired) electrons. The van der Waals surface area contributed by atoms with E-state index >= 15 is 0 Å². The monoisotopic (exact) mass is 328 g/mol. The predicted molar refractivity (Wildman–Crippen MR) is 87.5 cm³/mol. The maximum Gasteiger partial charge on any atom is 0.261 e. The molecule has 2 heterocycles. The van der Waals surface area contributed by atoms with E-state index in [2.05, 4.69) is 4.98 Å². The van der Waals surface area contributed by atoms with Gasteiger partial charge in [0, 0.05) is 11.1 Å². The van der Waals surface area contributed by atoms with Crippen LogP contribution in [0.4, 0.5) is 0 Å². The van der Waals surface area contributed by atoms with E-state index < -0.39 is 0 Å². The number of benzene rings is 2. The molecule has 0 saturated carbocycles. The number of ether oxygens (including phenoxy) is 2. The molecule has 1 aromatic heterocycles. The van der Waals surface area contributed by atoms with Crippen LogP contribution in [0.1, 0.15) is 5.56 Å². The maximum atomic E-state index is 12.7. The summed E-state index contributed by atoms with van der Waals surface area (Å²) >= 11 is 6.17. The smallest absolute Gasteiger partial charge is 0.261 e. The van der Waals surface area contributed by atoms with E-state index in [0.717, 1.165) is 5.56 Å². The molecular formula is C17H13ClN2O3. The van der Waals surface area contributed by atoms with Crippen molar-refractivity contribution in [2.24, 2.45) is 0 Å². The molecule has 1 aliphatic heterocycles. The summed E-state index contributed by atoms with van der Waals surface area (Å²) in [6.45, 7) is 1.35. The molecule has 1 aliphatic rings. The number of hydrogen-bond donors (Lipinski definition) is 0. The first-order valence-corrected chi connectivity index (χ1v) is 7.62. The molecule has 2 aromatic carbocycles. The molecule has 116 valence electrons. The Labute approximate surface area is 137 Å². The van der Waals surface area contributed by atoms with Crippen LogP contribution in [-0.2, 0) is 6.54 Å². The van der Waals surface area contributed by atoms with Crippen molar-refractivity contribution < 1.29 is 9.47 Å². The summed E-state index contributed by atoms with van der Waals surface area (Å²) in [6, 6.07) is 10.9. The normalized spacial score (nSPS) is 13.3. The predicted octanol–water partition coefficient (Wildman–Crippen LogP) is 2.87. The lowest BCUT2D eigenvalue weighted by Crippen LogP contribution is -2.22. The van der Waals surface area contributed by atoms with Crippen molar-refractivity contribution in [3.63, 3.8) is 0 Å². The van der Waals surface area contributed by atoms with Gasteiger partial charge >= 0.3 is 0 Å². The van der Waals surface area contributed by atoms with E-state index in [1.165, 1.54) is 6.33 Å². The third-order valence-corrected chi connectivity index (χ3v) is 4.16. The minimum absolute atomic E-state index is 0.133. The van der Waals surface area contributed by atoms with Crippen LogP contribution in [0.3, 0.4) is 0 Å². The third kappa shape index (κ3) is 2.53. The number of nitrogens with zero attached hydrogens (tertiary/aromatic N) is 2. The second-order valence-corrected chi connectivity index (χ2v) is 5.69. The Morgan fingerprint density at radius 1 is 1.13 bits per heavy atom. The first kappa shape index (κ1) is 14.1. The molecule has 0 fully saturated rings. The van der Waals surface area contributed by atoms with Gasteiger partial charge in [-0.1, -0.05) is 29.8 Å². The maximum absolute atomic E-state index is 12.7. The van der Waals surface area contributed by atoms with E-state index in [0.29, 0.717) is 47.2 Å². The van der Waals surface area contributed by atoms with Gasteiger partial charge in [0.15, 0.2) is 11.5 Å². The van der Waals surface area contributed by atoms with E-state index in [1.807, 2.05) is 18.2 Å². The Kier molecular flexibility index (Phi) is 3.42. The van der Waals surface area contributed by atoms with Crippen molar-refractivity contribution in [2.75, 3.05) is 13.2 Å². The molecule has 23 heavy (non-hydrogen) atoms. The Hall–Kier alpha value is -2.53. The van der Waals surface area contributed by atoms with Crippen molar-refractivity contribution in [1.82, 2.24) is 9.55 Å². The van der Waals surface area contributed by atoms with Crippen LogP contribution in [0.25, 0.3) is 10.9 Å². The second-order valence-electron chi connectivity index (χ2n) is 5.28. The largest absolute Gasteiger partial charge is 0.486 e. The Balaban J connectivity index is 1.81. The standard InChI is InChI=1S/C17H13ClN2O3/c18-13-4-2-1-3-11(13)9-20-10-19-14-8-16-15(22-5-6-23-16)7-12(14)17(20)21/h1-4,7-8,10H,5-6,9H2. The van der Waals surface area contributed by atoms with Gasteiger partial charge in [0.05, 0.1) is 23.8 Å². The van der Waals surface area contributed by atoms with Crippen LogP contribution in [0.2, 0.25) is 5.02 Å². The van der Waals surface area contributed by atoms with E-state index in [1.54, 1.807) is 22.8 Å². The number of halogens is 1. The molecule has 0 amide bonds. The number of aromatic nitrogens is 2. The zero-order valence-corrected chi connectivity index (χ0v) is 12.9. The van der Waals surface area contributed by atoms with Crippen molar-refractivity contribution in [1.29, 1.82) is 0 Å². The summed E-state index contributed by atoms with van der Waals surface area (Å²) in [5, 5.41) is 1.13. The quantitative estimate of drug-likeness (QED) is 0.726. The molecule has 3 aromatic rings. The van der Waals surface area contributed by atoms with Gasteiger partial charge in [0.1, 0.15) is 13.2 Å². The summed E-state index contributed by atoms with van der Waals surface area (Å²) in [7, 11) is 0. The van der Waals surface area contributed by atoms with Crippen molar-refractivity contribution in [2.45, 2.75) is 6.54 Å². The molecule has 5 nitrogen and oxygen atoms in total. The van der Waals surface area contributed by atoms with Crippen LogP contribution in [-0.4, -0.2) is 22.8 Å². The molecule has 0 spiro atoms. The zero-order valence-electron chi connectivity index (χ0n) is 12.2. The average molecular weight is 329 g/mol. The Morgan fingerprint density at radius 2 is 1.87 bits per heavy atom. The summed E-state index contributed by atoms with van der Waals surface area (Å²) in [5.74, 6) is 1.21. The fourth-order valence-electron chi connectivity index (χ4n) is 2.62. The molecule has 0 saturated heterocycles. The van der Waals surface area contributed by atoms with E-state index in [4.69, 9.17) is 21.1 Å². The summed E-state index contributed by atoms with van der Waals surface area (Å²) < 4.78 is 12.6. The van der Waals surface area contributed by atoms with Crippen molar-refractivity contribution in [3.05, 3.63) is 63.7 Å². The molecule has 0 N–H and O–H groups in total. The van der Waals surface area contributed by atoms with Crippen LogP contribution >= 0.6 is 11.6 Å². The highest BCUT2D eigenvalue weighted by Crippen LogP contribution is 2.32. The summed E-state index contributed by atoms with van der Waals surface area (Å²) in [4.78, 5) is 17.1. The third-order valence-electron chi connectivity index (χ3n) is 3.79. The van der Waals surface area contributed by atoms with Crippen molar-refractivity contribution in [3.8, 4) is 11.5 Å². The summed E-state index contributed by atoms with van der Waals surface area (Å²) in [6.07, 6.45) is 1.53. The minimum Gasteiger partial charge on any atom is -0.486 e. The van der Waals surface area contributed by atoms with Gasteiger partial charge in [0.25, 0.3) is 5.56 Å². The lowest BCUT2D eigenvalue weighted by atomic mass is 10.2. The molecule has 0 bridgehead atoms. The average Bonchev–Trinajstić information content (AvgIpc) is 2.58. The highest BCUT2D eigenvalue weighted by atomic mass is 35.5. The van der Waals surface area contributed by atoms with E-state index in [-0.39, 0.29) is 5.56 Å². The molecule has 0 atom stereocenters. The van der Waals surface area contributed by atoms with Crippen LogP contribution in [0.15, 0.2) is 47.5 Å². The number of hydrogen-bond acceptors (Lipinski definition) is 4. The highest BCUT2D eigenvalue weighted by molar-refractivity contribution is 6.31. The molecule has 4 rings (SSSR count). The zero-order chi connectivity index (χ0) is 15.8. The van der Waals surface area contributed by atoms with Gasteiger partial charge in [0.2, 0.25) is 0 Å². The number of rotatable bonds is 2. The van der Waals surface area contributed by atoms with Crippen LogP contribution in [0, 0.1) is 0 Å². The lowest BCUT2D eigenvalue weighted by Gasteiger charge is -2.18. The van der Waals surface area contributed by atoms with E-state index in [9.17, 15) is 4.79 Å². The molecule has 0 aliphatic carbocycles. The second kappa shape index (κ2) is 5.59. The topological polar surface area (TPSA) is 53.4 Å². The van der Waals surface area contributed by atoms with Gasteiger partial charge in [-0.3, -0.25) is 9.36 Å². The lowest BCUT2D eigenvalue weighted by molar-refractivity contribution is 0.172. The Bertz CT molecular complexity index is 952. The van der Waals surface area contributed by atoms with Gasteiger partial charge in [-0.15, -0.1) is 0 Å². The molecule has 0 unspecified atom stereocenters. The first-order chi connectivity index (χ1) is 11.2. The fraction of sp³-hybridized carbons (Fsp3) is 0.176. The van der Waals surface area contributed by atoms with Crippen LogP contribution in [0.5, 0.6) is 11.5 Å². The van der Waals surface area contributed by atoms with Crippen LogP contribution < -0.4 is 15.0 Å². The first-order valence-electron chi connectivity index (χ1n) is 7.24. The van der Waals surface area contributed by atoms with Gasteiger partial charge in [-0.25, -0.2) is 4.98 Å². The van der Waals surface area contributed by atoms with Gasteiger partial charge < -0.3 is 9.47 Å². The van der Waals surface area contributed by atoms with Crippen molar-refractivity contribution >= 4 is 22.5 Å². The molecular weight excluding hydrogens is 316 g/mol. The molecule has 6 heteroatoms. The summed E-state index contributed by atoms with van der Waals surface area (Å²) in [5.41, 5.74) is 1.33. The SMILES string of the molecule is O=c1c2cc3c(cc2ncn1Cc1ccccc1Cl)OCCO3. The van der Waals surface area contributed by atoms with Gasteiger partial charge in [-0.2, -0.15) is 0 Å². The Morgan fingerprint density at radius 3 is 2.65 bits per heavy atom. The van der Waals surface area contributed by atoms with Gasteiger partial charge in [-0.05, 0) is 17.7 Å².